The monoisotopic (exact) mass is 496 g/mol. The summed E-state index contributed by atoms with van der Waals surface area (Å²) in [5.74, 6) is 1.84. The van der Waals surface area contributed by atoms with Gasteiger partial charge in [0.15, 0.2) is 0 Å². The molecule has 7 nitrogen and oxygen atoms in total. The largest absolute Gasteiger partial charge is 0.446 e. The van der Waals surface area contributed by atoms with Crippen molar-refractivity contribution in [2.24, 2.45) is 11.8 Å². The Bertz CT molecular complexity index is 1040. The SMILES string of the molecule is CCN(C(=O)C1CCC(OC(=O)N2CC(CSC)C2)CC1)c1cccc(-c2cnn(C3CC3)c2)c1. The Morgan fingerprint density at radius 3 is 2.57 bits per heavy atom. The molecule has 1 saturated heterocycles. The lowest BCUT2D eigenvalue weighted by atomic mass is 9.86. The number of carbonyl (C=O) groups excluding carboxylic acids is 2. The summed E-state index contributed by atoms with van der Waals surface area (Å²) in [7, 11) is 0. The second-order valence-corrected chi connectivity index (χ2v) is 11.1. The number of aromatic nitrogens is 2. The van der Waals surface area contributed by atoms with Crippen molar-refractivity contribution in [2.75, 3.05) is 36.5 Å². The third-order valence-corrected chi connectivity index (χ3v) is 8.31. The Morgan fingerprint density at radius 1 is 1.11 bits per heavy atom. The molecular weight excluding hydrogens is 460 g/mol. The third-order valence-electron chi connectivity index (χ3n) is 7.50. The van der Waals surface area contributed by atoms with E-state index in [9.17, 15) is 9.59 Å². The normalized spacial score (nSPS) is 22.5. The molecule has 1 aromatic carbocycles. The zero-order valence-electron chi connectivity index (χ0n) is 20.8. The van der Waals surface area contributed by atoms with Gasteiger partial charge < -0.3 is 14.5 Å². The van der Waals surface area contributed by atoms with E-state index in [2.05, 4.69) is 34.4 Å². The molecule has 2 aromatic rings. The van der Waals surface area contributed by atoms with E-state index in [-0.39, 0.29) is 24.0 Å². The minimum absolute atomic E-state index is 0.0267. The molecule has 2 heterocycles. The van der Waals surface area contributed by atoms with Gasteiger partial charge in [0.25, 0.3) is 0 Å². The molecular formula is C27H36N4O3S. The number of hydrogen-bond acceptors (Lipinski definition) is 5. The average molecular weight is 497 g/mol. The highest BCUT2D eigenvalue weighted by Gasteiger charge is 2.35. The Balaban J connectivity index is 1.15. The Hall–Kier alpha value is -2.48. The third kappa shape index (κ3) is 5.52. The van der Waals surface area contributed by atoms with Crippen LogP contribution in [0.5, 0.6) is 0 Å². The molecule has 3 aliphatic rings. The number of thioether (sulfide) groups is 1. The van der Waals surface area contributed by atoms with Crippen LogP contribution < -0.4 is 4.90 Å². The van der Waals surface area contributed by atoms with Crippen LogP contribution in [0.1, 0.15) is 51.5 Å². The van der Waals surface area contributed by atoms with Gasteiger partial charge >= 0.3 is 6.09 Å². The maximum absolute atomic E-state index is 13.5. The fraction of sp³-hybridized carbons (Fsp3) is 0.593. The van der Waals surface area contributed by atoms with Crippen LogP contribution in [-0.2, 0) is 9.53 Å². The van der Waals surface area contributed by atoms with Crippen molar-refractivity contribution >= 4 is 29.4 Å². The highest BCUT2D eigenvalue weighted by molar-refractivity contribution is 7.98. The van der Waals surface area contributed by atoms with Gasteiger partial charge in [0.05, 0.1) is 12.2 Å². The van der Waals surface area contributed by atoms with Gasteiger partial charge in [-0.1, -0.05) is 12.1 Å². The molecule has 0 atom stereocenters. The predicted molar refractivity (Wildman–Crippen MR) is 140 cm³/mol. The molecule has 2 amide bonds. The van der Waals surface area contributed by atoms with E-state index in [0.29, 0.717) is 18.5 Å². The van der Waals surface area contributed by atoms with Crippen LogP contribution in [0.4, 0.5) is 10.5 Å². The van der Waals surface area contributed by atoms with Gasteiger partial charge in [0.2, 0.25) is 5.91 Å². The summed E-state index contributed by atoms with van der Waals surface area (Å²) >= 11 is 1.83. The molecule has 1 aliphatic heterocycles. The first-order chi connectivity index (χ1) is 17.1. The average Bonchev–Trinajstić information content (AvgIpc) is 3.58. The van der Waals surface area contributed by atoms with Crippen molar-refractivity contribution in [1.29, 1.82) is 0 Å². The second-order valence-electron chi connectivity index (χ2n) is 10.2. The number of anilines is 1. The first kappa shape index (κ1) is 24.2. The molecule has 35 heavy (non-hydrogen) atoms. The zero-order chi connectivity index (χ0) is 24.4. The van der Waals surface area contributed by atoms with Gasteiger partial charge in [-0.25, -0.2) is 4.79 Å². The maximum Gasteiger partial charge on any atom is 0.410 e. The first-order valence-electron chi connectivity index (χ1n) is 13.0. The number of rotatable bonds is 8. The van der Waals surface area contributed by atoms with Crippen LogP contribution >= 0.6 is 11.8 Å². The van der Waals surface area contributed by atoms with E-state index in [1.165, 1.54) is 12.8 Å². The van der Waals surface area contributed by atoms with Crippen LogP contribution in [0.2, 0.25) is 0 Å². The van der Waals surface area contributed by atoms with Crippen molar-refractivity contribution < 1.29 is 14.3 Å². The molecule has 8 heteroatoms. The van der Waals surface area contributed by atoms with Crippen molar-refractivity contribution in [3.63, 3.8) is 0 Å². The fourth-order valence-corrected chi connectivity index (χ4v) is 5.95. The van der Waals surface area contributed by atoms with E-state index in [1.54, 1.807) is 4.90 Å². The second kappa shape index (κ2) is 10.6. The smallest absolute Gasteiger partial charge is 0.410 e. The molecule has 3 fully saturated rings. The minimum atomic E-state index is -0.186. The van der Waals surface area contributed by atoms with Gasteiger partial charge in [-0.15, -0.1) is 0 Å². The summed E-state index contributed by atoms with van der Waals surface area (Å²) in [6.07, 6.45) is 11.3. The molecule has 5 rings (SSSR count). The van der Waals surface area contributed by atoms with E-state index in [1.807, 2.05) is 41.9 Å². The van der Waals surface area contributed by atoms with Crippen LogP contribution in [0.3, 0.4) is 0 Å². The molecule has 188 valence electrons. The summed E-state index contributed by atoms with van der Waals surface area (Å²) in [4.78, 5) is 29.6. The quantitative estimate of drug-likeness (QED) is 0.501. The van der Waals surface area contributed by atoms with Crippen molar-refractivity contribution in [1.82, 2.24) is 14.7 Å². The minimum Gasteiger partial charge on any atom is -0.446 e. The standard InChI is InChI=1S/C27H36N4O3S/c1-3-30(24-6-4-5-21(13-24)22-14-28-31(17-22)23-9-10-23)26(32)20-7-11-25(12-8-20)34-27(33)29-15-19(16-29)18-35-2/h4-6,13-14,17,19-20,23,25H,3,7-12,15-16,18H2,1-2H3. The van der Waals surface area contributed by atoms with E-state index in [0.717, 1.165) is 61.3 Å². The Labute approximate surface area is 212 Å². The molecule has 2 saturated carbocycles. The van der Waals surface area contributed by atoms with Gasteiger partial charge in [0.1, 0.15) is 6.10 Å². The van der Waals surface area contributed by atoms with E-state index in [4.69, 9.17) is 4.74 Å². The highest BCUT2D eigenvalue weighted by Crippen LogP contribution is 2.36. The van der Waals surface area contributed by atoms with E-state index < -0.39 is 0 Å². The Kier molecular flexibility index (Phi) is 7.37. The lowest BCUT2D eigenvalue weighted by Gasteiger charge is -2.39. The number of hydrogen-bond donors (Lipinski definition) is 0. The van der Waals surface area contributed by atoms with Crippen LogP contribution in [0.25, 0.3) is 11.1 Å². The summed E-state index contributed by atoms with van der Waals surface area (Å²) in [6.45, 7) is 4.27. The van der Waals surface area contributed by atoms with Gasteiger partial charge in [-0.2, -0.15) is 16.9 Å². The fourth-order valence-electron chi connectivity index (χ4n) is 5.27. The van der Waals surface area contributed by atoms with Crippen molar-refractivity contribution in [3.05, 3.63) is 36.7 Å². The number of likely N-dealkylation sites (tertiary alicyclic amines) is 1. The van der Waals surface area contributed by atoms with Gasteiger partial charge in [-0.3, -0.25) is 9.48 Å². The summed E-state index contributed by atoms with van der Waals surface area (Å²) < 4.78 is 7.81. The lowest BCUT2D eigenvalue weighted by Crippen LogP contribution is -2.52. The molecule has 0 radical (unpaired) electrons. The summed E-state index contributed by atoms with van der Waals surface area (Å²) in [5.41, 5.74) is 3.11. The van der Waals surface area contributed by atoms with Crippen LogP contribution in [0, 0.1) is 11.8 Å². The molecule has 0 bridgehead atoms. The molecule has 0 N–H and O–H groups in total. The molecule has 2 aliphatic carbocycles. The maximum atomic E-state index is 13.5. The van der Waals surface area contributed by atoms with Gasteiger partial charge in [0, 0.05) is 48.9 Å². The van der Waals surface area contributed by atoms with Crippen LogP contribution in [-0.4, -0.2) is 64.4 Å². The first-order valence-corrected chi connectivity index (χ1v) is 14.4. The number of amides is 2. The van der Waals surface area contributed by atoms with Gasteiger partial charge in [-0.05, 0) is 75.2 Å². The summed E-state index contributed by atoms with van der Waals surface area (Å²) in [5, 5.41) is 4.51. The zero-order valence-corrected chi connectivity index (χ0v) is 21.6. The number of ether oxygens (including phenoxy) is 1. The molecule has 1 aromatic heterocycles. The Morgan fingerprint density at radius 2 is 1.89 bits per heavy atom. The molecule has 0 spiro atoms. The topological polar surface area (TPSA) is 67.7 Å². The lowest BCUT2D eigenvalue weighted by molar-refractivity contribution is -0.124. The van der Waals surface area contributed by atoms with Crippen molar-refractivity contribution in [2.45, 2.75) is 57.6 Å². The molecule has 0 unspecified atom stereocenters. The van der Waals surface area contributed by atoms with E-state index >= 15 is 0 Å². The predicted octanol–water partition coefficient (Wildman–Crippen LogP) is 5.23. The number of benzene rings is 1. The summed E-state index contributed by atoms with van der Waals surface area (Å²) in [6, 6.07) is 8.77. The number of nitrogens with zero attached hydrogens (tertiary/aromatic N) is 4. The van der Waals surface area contributed by atoms with Crippen molar-refractivity contribution in [3.8, 4) is 11.1 Å². The number of carbonyl (C=O) groups is 2. The van der Waals surface area contributed by atoms with Crippen LogP contribution in [0.15, 0.2) is 36.7 Å². The highest BCUT2D eigenvalue weighted by atomic mass is 32.2.